The molecule has 1 amide bonds. The Morgan fingerprint density at radius 1 is 1.67 bits per heavy atom. The molecule has 1 rings (SSSR count). The third-order valence-corrected chi connectivity index (χ3v) is 2.77. The first kappa shape index (κ1) is 14.7. The van der Waals surface area contributed by atoms with Crippen molar-refractivity contribution in [3.05, 3.63) is 22.5 Å². The highest BCUT2D eigenvalue weighted by atomic mass is 35.5. The van der Waals surface area contributed by atoms with Crippen molar-refractivity contribution in [1.29, 1.82) is 0 Å². The van der Waals surface area contributed by atoms with E-state index in [1.165, 1.54) is 10.8 Å². The van der Waals surface area contributed by atoms with E-state index in [0.29, 0.717) is 10.7 Å². The average molecular weight is 274 g/mol. The van der Waals surface area contributed by atoms with Gasteiger partial charge in [-0.3, -0.25) is 9.48 Å². The molecule has 1 aromatic rings. The molecule has 0 fully saturated rings. The van der Waals surface area contributed by atoms with Crippen LogP contribution in [0.25, 0.3) is 6.08 Å². The monoisotopic (exact) mass is 273 g/mol. The van der Waals surface area contributed by atoms with Crippen LogP contribution in [0.3, 0.4) is 0 Å². The van der Waals surface area contributed by atoms with Gasteiger partial charge in [-0.25, -0.2) is 0 Å². The number of nitrogens with one attached hydrogen (secondary N) is 1. The number of aromatic nitrogens is 2. The minimum absolute atomic E-state index is 0.000568. The summed E-state index contributed by atoms with van der Waals surface area (Å²) < 4.78 is 1.52. The molecule has 7 heteroatoms. The first-order valence-corrected chi connectivity index (χ1v) is 5.77. The Balaban J connectivity index is 2.61. The van der Waals surface area contributed by atoms with Gasteiger partial charge in [0.25, 0.3) is 0 Å². The van der Waals surface area contributed by atoms with Crippen molar-refractivity contribution < 1.29 is 15.0 Å². The lowest BCUT2D eigenvalue weighted by atomic mass is 10.2. The Bertz CT molecular complexity index is 457. The first-order chi connectivity index (χ1) is 8.45. The van der Waals surface area contributed by atoms with Gasteiger partial charge in [-0.05, 0) is 13.0 Å². The number of nitrogens with zero attached hydrogens (tertiary/aromatic N) is 2. The molecule has 3 N–H and O–H groups in total. The molecule has 0 spiro atoms. The molecule has 18 heavy (non-hydrogen) atoms. The second-order valence-electron chi connectivity index (χ2n) is 3.83. The largest absolute Gasteiger partial charge is 0.394 e. The second-order valence-corrected chi connectivity index (χ2v) is 4.19. The minimum Gasteiger partial charge on any atom is -0.394 e. The van der Waals surface area contributed by atoms with E-state index >= 15 is 0 Å². The standard InChI is InChI=1S/C11H16ClN3O3/c1-7-9(11(12)15(2)14-7)3-4-10(18)13-5-8(17)6-16/h3-4,8,16-17H,5-6H2,1-2H3,(H,13,18). The van der Waals surface area contributed by atoms with Gasteiger partial charge in [0.1, 0.15) is 5.15 Å². The summed E-state index contributed by atoms with van der Waals surface area (Å²) in [7, 11) is 1.71. The Kier molecular flexibility index (Phi) is 5.33. The van der Waals surface area contributed by atoms with Crippen LogP contribution in [0, 0.1) is 6.92 Å². The molecule has 0 saturated carbocycles. The van der Waals surface area contributed by atoms with Crippen molar-refractivity contribution in [1.82, 2.24) is 15.1 Å². The molecule has 1 atom stereocenters. The number of amides is 1. The van der Waals surface area contributed by atoms with Crippen LogP contribution < -0.4 is 5.32 Å². The molecule has 0 aromatic carbocycles. The molecule has 0 radical (unpaired) electrons. The summed E-state index contributed by atoms with van der Waals surface area (Å²) in [5.41, 5.74) is 1.40. The van der Waals surface area contributed by atoms with Crippen molar-refractivity contribution in [3.63, 3.8) is 0 Å². The number of aliphatic hydroxyl groups is 2. The molecule has 0 bridgehead atoms. The van der Waals surface area contributed by atoms with Crippen LogP contribution in [0.1, 0.15) is 11.3 Å². The third kappa shape index (κ3) is 3.83. The maximum Gasteiger partial charge on any atom is 0.244 e. The predicted octanol–water partition coefficient (Wildman–Crippen LogP) is -0.135. The van der Waals surface area contributed by atoms with Gasteiger partial charge in [-0.15, -0.1) is 0 Å². The highest BCUT2D eigenvalue weighted by Gasteiger charge is 2.08. The smallest absolute Gasteiger partial charge is 0.244 e. The lowest BCUT2D eigenvalue weighted by Gasteiger charge is -2.06. The summed E-state index contributed by atoms with van der Waals surface area (Å²) in [4.78, 5) is 11.4. The Morgan fingerprint density at radius 3 is 2.83 bits per heavy atom. The van der Waals surface area contributed by atoms with Crippen molar-refractivity contribution in [2.45, 2.75) is 13.0 Å². The van der Waals surface area contributed by atoms with E-state index in [2.05, 4.69) is 10.4 Å². The normalized spacial score (nSPS) is 12.9. The van der Waals surface area contributed by atoms with Crippen LogP contribution in [-0.4, -0.2) is 45.2 Å². The zero-order valence-electron chi connectivity index (χ0n) is 10.2. The van der Waals surface area contributed by atoms with Gasteiger partial charge < -0.3 is 15.5 Å². The summed E-state index contributed by atoms with van der Waals surface area (Å²) >= 11 is 5.99. The van der Waals surface area contributed by atoms with Crippen LogP contribution in [-0.2, 0) is 11.8 Å². The van der Waals surface area contributed by atoms with Gasteiger partial charge in [-0.1, -0.05) is 11.6 Å². The van der Waals surface area contributed by atoms with E-state index in [1.54, 1.807) is 20.0 Å². The second kappa shape index (κ2) is 6.53. The van der Waals surface area contributed by atoms with E-state index < -0.39 is 12.7 Å². The highest BCUT2D eigenvalue weighted by molar-refractivity contribution is 6.31. The molecule has 1 heterocycles. The van der Waals surface area contributed by atoms with Gasteiger partial charge in [0.2, 0.25) is 5.91 Å². The summed E-state index contributed by atoms with van der Waals surface area (Å²) in [6.07, 6.45) is 1.91. The van der Waals surface area contributed by atoms with E-state index in [-0.39, 0.29) is 12.5 Å². The highest BCUT2D eigenvalue weighted by Crippen LogP contribution is 2.19. The zero-order chi connectivity index (χ0) is 13.7. The van der Waals surface area contributed by atoms with E-state index in [9.17, 15) is 4.79 Å². The van der Waals surface area contributed by atoms with Crippen LogP contribution >= 0.6 is 11.6 Å². The van der Waals surface area contributed by atoms with Gasteiger partial charge in [0.15, 0.2) is 0 Å². The van der Waals surface area contributed by atoms with Gasteiger partial charge >= 0.3 is 0 Å². The van der Waals surface area contributed by atoms with Crippen LogP contribution in [0.15, 0.2) is 6.08 Å². The average Bonchev–Trinajstić information content (AvgIpc) is 2.58. The van der Waals surface area contributed by atoms with E-state index in [1.807, 2.05) is 0 Å². The number of hydrogen-bond acceptors (Lipinski definition) is 4. The lowest BCUT2D eigenvalue weighted by Crippen LogP contribution is -2.32. The molecule has 100 valence electrons. The number of halogens is 1. The fraction of sp³-hybridized carbons (Fsp3) is 0.455. The molecule has 1 aromatic heterocycles. The van der Waals surface area contributed by atoms with Crippen LogP contribution in [0.2, 0.25) is 5.15 Å². The van der Waals surface area contributed by atoms with Crippen LogP contribution in [0.5, 0.6) is 0 Å². The first-order valence-electron chi connectivity index (χ1n) is 5.39. The minimum atomic E-state index is -0.953. The summed E-state index contributed by atoms with van der Waals surface area (Å²) in [5, 5.41) is 24.6. The maximum atomic E-state index is 11.4. The molecule has 1 unspecified atom stereocenters. The molecular weight excluding hydrogens is 258 g/mol. The summed E-state index contributed by atoms with van der Waals surface area (Å²) in [6, 6.07) is 0. The molecule has 0 saturated heterocycles. The van der Waals surface area contributed by atoms with Crippen molar-refractivity contribution in [2.24, 2.45) is 7.05 Å². The number of aliphatic hydroxyl groups excluding tert-OH is 2. The number of hydrogen-bond donors (Lipinski definition) is 3. The molecule has 6 nitrogen and oxygen atoms in total. The van der Waals surface area contributed by atoms with Gasteiger partial charge in [-0.2, -0.15) is 5.10 Å². The van der Waals surface area contributed by atoms with E-state index in [0.717, 1.165) is 5.69 Å². The van der Waals surface area contributed by atoms with Gasteiger partial charge in [0.05, 0.1) is 18.4 Å². The fourth-order valence-corrected chi connectivity index (χ4v) is 1.57. The number of rotatable bonds is 5. The Hall–Kier alpha value is -1.37. The zero-order valence-corrected chi connectivity index (χ0v) is 11.0. The Morgan fingerprint density at radius 2 is 2.33 bits per heavy atom. The lowest BCUT2D eigenvalue weighted by molar-refractivity contribution is -0.117. The van der Waals surface area contributed by atoms with E-state index in [4.69, 9.17) is 21.8 Å². The number of carbonyl (C=O) groups is 1. The predicted molar refractivity (Wildman–Crippen MR) is 68.1 cm³/mol. The number of aryl methyl sites for hydroxylation is 2. The topological polar surface area (TPSA) is 87.4 Å². The molecule has 0 aliphatic carbocycles. The van der Waals surface area contributed by atoms with Crippen molar-refractivity contribution in [2.75, 3.05) is 13.2 Å². The Labute approximate surface area is 110 Å². The van der Waals surface area contributed by atoms with Crippen LogP contribution in [0.4, 0.5) is 0 Å². The molecule has 0 aliphatic rings. The third-order valence-electron chi connectivity index (χ3n) is 2.32. The maximum absolute atomic E-state index is 11.4. The fourth-order valence-electron chi connectivity index (χ4n) is 1.34. The summed E-state index contributed by atoms with van der Waals surface area (Å²) in [6.45, 7) is 1.40. The van der Waals surface area contributed by atoms with Gasteiger partial charge in [0, 0.05) is 25.2 Å². The van der Waals surface area contributed by atoms with Crippen molar-refractivity contribution in [3.8, 4) is 0 Å². The summed E-state index contributed by atoms with van der Waals surface area (Å²) in [5.74, 6) is -0.373. The van der Waals surface area contributed by atoms with Crippen molar-refractivity contribution >= 4 is 23.6 Å². The number of carbonyl (C=O) groups excluding carboxylic acids is 1. The molecular formula is C11H16ClN3O3. The quantitative estimate of drug-likeness (QED) is 0.652. The SMILES string of the molecule is Cc1nn(C)c(Cl)c1C=CC(=O)NCC(O)CO. The molecule has 0 aliphatic heterocycles.